The number of hydrogen-bond acceptors (Lipinski definition) is 5. The van der Waals surface area contributed by atoms with Gasteiger partial charge in [0.05, 0.1) is 40.6 Å². The molecule has 7 heteroatoms. The minimum Gasteiger partial charge on any atom is -0.392 e. The molecular weight excluding hydrogens is 471 g/mol. The molecule has 0 saturated heterocycles. The predicted molar refractivity (Wildman–Crippen MR) is 139 cm³/mol. The normalized spacial score (nSPS) is 32.6. The van der Waals surface area contributed by atoms with Crippen LogP contribution in [0.3, 0.4) is 0 Å². The Bertz CT molecular complexity index is 1430. The van der Waals surface area contributed by atoms with Crippen LogP contribution >= 0.6 is 11.3 Å². The van der Waals surface area contributed by atoms with E-state index in [1.165, 1.54) is 17.5 Å². The second-order valence-corrected chi connectivity index (χ2v) is 12.7. The van der Waals surface area contributed by atoms with E-state index in [0.29, 0.717) is 35.8 Å². The first kappa shape index (κ1) is 21.3. The molecule has 9 rings (SSSR count). The Hall–Kier alpha value is -2.77. The Morgan fingerprint density at radius 2 is 1.94 bits per heavy atom. The van der Waals surface area contributed by atoms with E-state index in [4.69, 9.17) is 4.98 Å². The van der Waals surface area contributed by atoms with Crippen molar-refractivity contribution in [3.63, 3.8) is 0 Å². The number of aliphatic hydroxyl groups is 1. The highest BCUT2D eigenvalue weighted by Gasteiger charge is 2.58. The van der Waals surface area contributed by atoms with Crippen molar-refractivity contribution < 1.29 is 9.50 Å². The number of aliphatic hydroxyl groups excluding tert-OH is 1. The van der Waals surface area contributed by atoms with Gasteiger partial charge in [-0.2, -0.15) is 0 Å². The molecular formula is C29H29FN4OS. The number of anilines is 1. The molecule has 2 aromatic carbocycles. The number of aromatic nitrogens is 3. The third-order valence-corrected chi connectivity index (χ3v) is 10.7. The van der Waals surface area contributed by atoms with E-state index in [2.05, 4.69) is 33.1 Å². The van der Waals surface area contributed by atoms with Crippen LogP contribution in [-0.4, -0.2) is 31.8 Å². The van der Waals surface area contributed by atoms with Gasteiger partial charge in [-0.05, 0) is 79.9 Å². The van der Waals surface area contributed by atoms with Crippen LogP contribution in [0.1, 0.15) is 50.1 Å². The Morgan fingerprint density at radius 3 is 2.78 bits per heavy atom. The first-order chi connectivity index (χ1) is 17.6. The molecule has 2 unspecified atom stereocenters. The molecule has 4 fully saturated rings. The van der Waals surface area contributed by atoms with Gasteiger partial charge in [-0.15, -0.1) is 0 Å². The topological polar surface area (TPSA) is 63.0 Å². The molecule has 36 heavy (non-hydrogen) atoms. The minimum atomic E-state index is -0.459. The van der Waals surface area contributed by atoms with Crippen molar-refractivity contribution in [1.29, 1.82) is 0 Å². The summed E-state index contributed by atoms with van der Waals surface area (Å²) in [5.41, 5.74) is 3.57. The van der Waals surface area contributed by atoms with Crippen LogP contribution in [0.4, 0.5) is 9.52 Å². The first-order valence-corrected chi connectivity index (χ1v) is 14.0. The molecule has 5 nitrogen and oxygen atoms in total. The first-order valence-electron chi connectivity index (χ1n) is 13.2. The maximum Gasteiger partial charge on any atom is 0.184 e. The van der Waals surface area contributed by atoms with Gasteiger partial charge in [-0.25, -0.2) is 14.4 Å². The van der Waals surface area contributed by atoms with E-state index >= 15 is 4.39 Å². The van der Waals surface area contributed by atoms with Crippen LogP contribution in [0, 0.1) is 29.0 Å². The van der Waals surface area contributed by atoms with E-state index in [-0.39, 0.29) is 17.3 Å². The smallest absolute Gasteiger partial charge is 0.184 e. The number of benzene rings is 2. The van der Waals surface area contributed by atoms with Crippen molar-refractivity contribution in [2.24, 2.45) is 23.2 Å². The zero-order valence-corrected chi connectivity index (χ0v) is 20.8. The van der Waals surface area contributed by atoms with Crippen molar-refractivity contribution in [3.8, 4) is 11.3 Å². The number of imidazole rings is 1. The van der Waals surface area contributed by atoms with Gasteiger partial charge in [0.1, 0.15) is 5.82 Å². The van der Waals surface area contributed by atoms with Crippen LogP contribution in [0.5, 0.6) is 0 Å². The Morgan fingerprint density at radius 1 is 1.11 bits per heavy atom. The number of nitrogens with one attached hydrogen (secondary N) is 1. The second kappa shape index (κ2) is 7.62. The second-order valence-electron chi connectivity index (χ2n) is 11.6. The summed E-state index contributed by atoms with van der Waals surface area (Å²) in [6.45, 7) is 0. The molecule has 2 N–H and O–H groups in total. The van der Waals surface area contributed by atoms with Gasteiger partial charge in [0.25, 0.3) is 0 Å². The summed E-state index contributed by atoms with van der Waals surface area (Å²) in [5, 5.41) is 16.7. The standard InChI is InChI=1S/C29H29FN4OS/c30-20-5-3-4-19-23-14-31-15-34(23)22(26(19)20)10-25(35)29-11-16-8-17(12-29)27(18(9-16)13-29)33-28-32-21-6-1-2-7-24(21)36-28/h1-7,14-18,22,25,27,35H,8-13H2,(H,32,33)/t16?,17?,18?,22-,25+,27?,29?/m0/s1. The zero-order chi connectivity index (χ0) is 24.0. The summed E-state index contributed by atoms with van der Waals surface area (Å²) >= 11 is 1.74. The average Bonchev–Trinajstić information content (AvgIpc) is 3.57. The molecule has 3 heterocycles. The van der Waals surface area contributed by atoms with Crippen molar-refractivity contribution >= 4 is 26.7 Å². The molecule has 0 amide bonds. The number of hydrogen-bond donors (Lipinski definition) is 2. The molecule has 0 radical (unpaired) electrons. The maximum atomic E-state index is 15.0. The zero-order valence-electron chi connectivity index (χ0n) is 20.0. The van der Waals surface area contributed by atoms with Crippen LogP contribution < -0.4 is 5.32 Å². The minimum absolute atomic E-state index is 0.0724. The molecule has 4 bridgehead atoms. The molecule has 2 aromatic heterocycles. The summed E-state index contributed by atoms with van der Waals surface area (Å²) in [5.74, 6) is 1.60. The van der Waals surface area contributed by atoms with E-state index in [1.54, 1.807) is 29.8 Å². The number of halogens is 1. The number of thiazole rings is 1. The summed E-state index contributed by atoms with van der Waals surface area (Å²) in [4.78, 5) is 9.18. The highest BCUT2D eigenvalue weighted by Crippen LogP contribution is 2.63. The summed E-state index contributed by atoms with van der Waals surface area (Å²) in [7, 11) is 0. The van der Waals surface area contributed by atoms with Crippen molar-refractivity contribution in [3.05, 3.63) is 66.4 Å². The molecule has 4 saturated carbocycles. The van der Waals surface area contributed by atoms with Gasteiger partial charge in [0.15, 0.2) is 5.13 Å². The predicted octanol–water partition coefficient (Wildman–Crippen LogP) is 6.26. The van der Waals surface area contributed by atoms with Gasteiger partial charge in [0.2, 0.25) is 0 Å². The maximum absolute atomic E-state index is 15.0. The quantitative estimate of drug-likeness (QED) is 0.340. The molecule has 4 aliphatic carbocycles. The summed E-state index contributed by atoms with van der Waals surface area (Å²) in [6.07, 6.45) is 9.34. The molecule has 184 valence electrons. The number of fused-ring (bicyclic) bond motifs is 4. The molecule has 4 atom stereocenters. The van der Waals surface area contributed by atoms with E-state index in [9.17, 15) is 5.11 Å². The fourth-order valence-corrected chi connectivity index (χ4v) is 9.41. The van der Waals surface area contributed by atoms with Crippen LogP contribution in [0.2, 0.25) is 0 Å². The molecule has 5 aliphatic rings. The van der Waals surface area contributed by atoms with Crippen molar-refractivity contribution in [2.45, 2.75) is 56.7 Å². The highest BCUT2D eigenvalue weighted by molar-refractivity contribution is 7.22. The average molecular weight is 501 g/mol. The lowest BCUT2D eigenvalue weighted by atomic mass is 9.46. The van der Waals surface area contributed by atoms with E-state index < -0.39 is 6.10 Å². The van der Waals surface area contributed by atoms with Crippen LogP contribution in [0.15, 0.2) is 55.0 Å². The van der Waals surface area contributed by atoms with Crippen LogP contribution in [0.25, 0.3) is 21.5 Å². The fourth-order valence-electron chi connectivity index (χ4n) is 8.50. The third-order valence-electron chi connectivity index (χ3n) is 9.72. The van der Waals surface area contributed by atoms with Gasteiger partial charge >= 0.3 is 0 Å². The fraction of sp³-hybridized carbons (Fsp3) is 0.448. The van der Waals surface area contributed by atoms with E-state index in [0.717, 1.165) is 41.2 Å². The lowest BCUT2D eigenvalue weighted by Crippen LogP contribution is -2.59. The van der Waals surface area contributed by atoms with Gasteiger partial charge in [-0.3, -0.25) is 0 Å². The van der Waals surface area contributed by atoms with Crippen molar-refractivity contribution in [2.75, 3.05) is 5.32 Å². The summed E-state index contributed by atoms with van der Waals surface area (Å²) < 4.78 is 18.3. The van der Waals surface area contributed by atoms with Gasteiger partial charge in [-0.1, -0.05) is 35.6 Å². The lowest BCUT2D eigenvalue weighted by molar-refractivity contribution is -0.129. The highest BCUT2D eigenvalue weighted by atomic mass is 32.1. The SMILES string of the molecule is O[C@H](C[C@H]1c2c(F)cccc2-c2cncn21)C12CC3CC(C1)C(Nc1nc4ccccc4s1)C(C3)C2. The number of rotatable bonds is 5. The number of para-hydroxylation sites is 1. The third kappa shape index (κ3) is 3.02. The van der Waals surface area contributed by atoms with Gasteiger partial charge < -0.3 is 15.0 Å². The Balaban J connectivity index is 1.06. The van der Waals surface area contributed by atoms with Gasteiger partial charge in [0, 0.05) is 17.2 Å². The molecule has 1 aliphatic heterocycles. The largest absolute Gasteiger partial charge is 0.392 e. The molecule has 0 spiro atoms. The Kier molecular flexibility index (Phi) is 4.51. The molecule has 4 aromatic rings. The lowest BCUT2D eigenvalue weighted by Gasteiger charge is -2.61. The Labute approximate surface area is 213 Å². The van der Waals surface area contributed by atoms with Crippen molar-refractivity contribution in [1.82, 2.24) is 14.5 Å². The number of nitrogens with zero attached hydrogens (tertiary/aromatic N) is 3. The van der Waals surface area contributed by atoms with E-state index in [1.807, 2.05) is 18.3 Å². The summed E-state index contributed by atoms with van der Waals surface area (Å²) in [6, 6.07) is 13.8. The monoisotopic (exact) mass is 500 g/mol. The van der Waals surface area contributed by atoms with Crippen LogP contribution in [-0.2, 0) is 0 Å².